The van der Waals surface area contributed by atoms with E-state index in [1.165, 1.54) is 32.1 Å². The van der Waals surface area contributed by atoms with Crippen LogP contribution in [0.5, 0.6) is 0 Å². The number of hydrogen-bond donors (Lipinski definition) is 0. The molecule has 0 atom stereocenters. The summed E-state index contributed by atoms with van der Waals surface area (Å²) >= 11 is 0. The Balaban J connectivity index is 1.52. The normalized spacial score (nSPS) is 38.1. The highest BCUT2D eigenvalue weighted by Gasteiger charge is 2.48. The molecule has 0 N–H and O–H groups in total. The van der Waals surface area contributed by atoms with Gasteiger partial charge in [-0.1, -0.05) is 0 Å². The van der Waals surface area contributed by atoms with Crippen molar-refractivity contribution in [3.63, 3.8) is 0 Å². The number of rotatable bonds is 3. The summed E-state index contributed by atoms with van der Waals surface area (Å²) in [5, 5.41) is 8.81. The molecule has 1 aromatic heterocycles. The lowest BCUT2D eigenvalue weighted by molar-refractivity contribution is -0.0382. The third-order valence-corrected chi connectivity index (χ3v) is 6.02. The van der Waals surface area contributed by atoms with Crippen molar-refractivity contribution in [1.82, 2.24) is 4.98 Å². The van der Waals surface area contributed by atoms with Crippen LogP contribution < -0.4 is 0 Å². The second-order valence-corrected chi connectivity index (χ2v) is 7.24. The van der Waals surface area contributed by atoms with Gasteiger partial charge in [0.2, 0.25) is 0 Å². The molecule has 0 aliphatic heterocycles. The standard InChI is InChI=1S/C17H22N2O/c1-10-16(2-3-18)19-17(20-10)9-15-13-5-11-4-12(7-13)8-14(15)6-11/h11-15H,2,4-9H2,1H3. The average molecular weight is 270 g/mol. The van der Waals surface area contributed by atoms with Crippen LogP contribution in [0.3, 0.4) is 0 Å². The minimum absolute atomic E-state index is 0.372. The van der Waals surface area contributed by atoms with Crippen molar-refractivity contribution < 1.29 is 4.42 Å². The maximum Gasteiger partial charge on any atom is 0.194 e. The van der Waals surface area contributed by atoms with Gasteiger partial charge in [0.25, 0.3) is 0 Å². The lowest BCUT2D eigenvalue weighted by atomic mass is 9.51. The average Bonchev–Trinajstić information content (AvgIpc) is 2.74. The molecule has 0 saturated heterocycles. The molecule has 4 bridgehead atoms. The molecule has 4 fully saturated rings. The minimum Gasteiger partial charge on any atom is -0.446 e. The summed E-state index contributed by atoms with van der Waals surface area (Å²) in [5.74, 6) is 6.38. The topological polar surface area (TPSA) is 49.8 Å². The number of nitriles is 1. The Labute approximate surface area is 120 Å². The molecule has 0 amide bonds. The molecule has 3 nitrogen and oxygen atoms in total. The Kier molecular flexibility index (Phi) is 2.87. The number of oxazole rings is 1. The van der Waals surface area contributed by atoms with Crippen LogP contribution in [-0.2, 0) is 12.8 Å². The van der Waals surface area contributed by atoms with Gasteiger partial charge < -0.3 is 4.42 Å². The van der Waals surface area contributed by atoms with Gasteiger partial charge in [-0.25, -0.2) is 4.98 Å². The van der Waals surface area contributed by atoms with Gasteiger partial charge in [0, 0.05) is 6.42 Å². The van der Waals surface area contributed by atoms with Crippen LogP contribution >= 0.6 is 0 Å². The van der Waals surface area contributed by atoms with E-state index >= 15 is 0 Å². The predicted octanol–water partition coefficient (Wildman–Crippen LogP) is 3.66. The molecule has 4 saturated carbocycles. The third-order valence-electron chi connectivity index (χ3n) is 6.02. The molecule has 5 rings (SSSR count). The van der Waals surface area contributed by atoms with Crippen LogP contribution in [0.15, 0.2) is 4.42 Å². The van der Waals surface area contributed by atoms with E-state index in [9.17, 15) is 0 Å². The fourth-order valence-electron chi connectivity index (χ4n) is 5.39. The Bertz CT molecular complexity index is 526. The second-order valence-electron chi connectivity index (χ2n) is 7.24. The van der Waals surface area contributed by atoms with Crippen molar-refractivity contribution in [2.24, 2.45) is 29.6 Å². The van der Waals surface area contributed by atoms with E-state index in [4.69, 9.17) is 9.68 Å². The highest BCUT2D eigenvalue weighted by Crippen LogP contribution is 2.57. The Hall–Kier alpha value is -1.30. The summed E-state index contributed by atoms with van der Waals surface area (Å²) in [7, 11) is 0. The first kappa shape index (κ1) is 12.4. The Morgan fingerprint density at radius 1 is 1.15 bits per heavy atom. The molecule has 0 radical (unpaired) electrons. The molecule has 106 valence electrons. The van der Waals surface area contributed by atoms with E-state index < -0.39 is 0 Å². The number of aromatic nitrogens is 1. The summed E-state index contributed by atoms with van der Waals surface area (Å²) in [6.07, 6.45) is 8.66. The van der Waals surface area contributed by atoms with Crippen LogP contribution in [-0.4, -0.2) is 4.98 Å². The fourth-order valence-corrected chi connectivity index (χ4v) is 5.39. The number of hydrogen-bond acceptors (Lipinski definition) is 3. The van der Waals surface area contributed by atoms with Crippen molar-refractivity contribution in [3.05, 3.63) is 17.3 Å². The lowest BCUT2D eigenvalue weighted by Crippen LogP contribution is -2.45. The van der Waals surface area contributed by atoms with Crippen LogP contribution in [0.25, 0.3) is 0 Å². The van der Waals surface area contributed by atoms with Crippen LogP contribution in [0, 0.1) is 47.8 Å². The van der Waals surface area contributed by atoms with E-state index in [0.29, 0.717) is 6.42 Å². The van der Waals surface area contributed by atoms with E-state index in [1.54, 1.807) is 0 Å². The number of nitrogens with zero attached hydrogens (tertiary/aromatic N) is 2. The summed E-state index contributed by atoms with van der Waals surface area (Å²) in [5.41, 5.74) is 0.839. The molecule has 1 heterocycles. The van der Waals surface area contributed by atoms with E-state index in [-0.39, 0.29) is 0 Å². The van der Waals surface area contributed by atoms with Crippen molar-refractivity contribution in [3.8, 4) is 6.07 Å². The maximum absolute atomic E-state index is 8.81. The summed E-state index contributed by atoms with van der Waals surface area (Å²) in [6, 6.07) is 2.17. The van der Waals surface area contributed by atoms with Gasteiger partial charge in [0.05, 0.1) is 18.2 Å². The van der Waals surface area contributed by atoms with Gasteiger partial charge in [-0.3, -0.25) is 0 Å². The molecule has 4 aliphatic rings. The van der Waals surface area contributed by atoms with E-state index in [0.717, 1.165) is 53.4 Å². The van der Waals surface area contributed by atoms with Crippen LogP contribution in [0.2, 0.25) is 0 Å². The monoisotopic (exact) mass is 270 g/mol. The number of aryl methyl sites for hydroxylation is 1. The fraction of sp³-hybridized carbons (Fsp3) is 0.765. The largest absolute Gasteiger partial charge is 0.446 e. The lowest BCUT2D eigenvalue weighted by Gasteiger charge is -2.54. The van der Waals surface area contributed by atoms with Gasteiger partial charge >= 0.3 is 0 Å². The molecule has 0 aromatic carbocycles. The predicted molar refractivity (Wildman–Crippen MR) is 74.8 cm³/mol. The first-order valence-electron chi connectivity index (χ1n) is 8.05. The third kappa shape index (κ3) is 1.97. The van der Waals surface area contributed by atoms with E-state index in [1.807, 2.05) is 6.92 Å². The molecular formula is C17H22N2O. The zero-order chi connectivity index (χ0) is 13.7. The zero-order valence-electron chi connectivity index (χ0n) is 12.1. The Morgan fingerprint density at radius 3 is 2.40 bits per heavy atom. The highest BCUT2D eigenvalue weighted by molar-refractivity contribution is 5.13. The van der Waals surface area contributed by atoms with Crippen molar-refractivity contribution in [2.75, 3.05) is 0 Å². The van der Waals surface area contributed by atoms with Crippen molar-refractivity contribution in [2.45, 2.75) is 51.9 Å². The molecule has 3 heteroatoms. The molecule has 0 unspecified atom stereocenters. The SMILES string of the molecule is Cc1oc(CC2C3CC4CC(C3)CC2C4)nc1CC#N. The van der Waals surface area contributed by atoms with Gasteiger partial charge in [-0.2, -0.15) is 5.26 Å². The Morgan fingerprint density at radius 2 is 1.80 bits per heavy atom. The zero-order valence-corrected chi connectivity index (χ0v) is 12.1. The van der Waals surface area contributed by atoms with Gasteiger partial charge in [-0.05, 0) is 68.6 Å². The maximum atomic E-state index is 8.81. The van der Waals surface area contributed by atoms with Gasteiger partial charge in [0.1, 0.15) is 5.76 Å². The quantitative estimate of drug-likeness (QED) is 0.842. The van der Waals surface area contributed by atoms with E-state index in [2.05, 4.69) is 11.1 Å². The van der Waals surface area contributed by atoms with Crippen molar-refractivity contribution in [1.29, 1.82) is 5.26 Å². The molecule has 1 aromatic rings. The molecular weight excluding hydrogens is 248 g/mol. The summed E-state index contributed by atoms with van der Waals surface area (Å²) in [4.78, 5) is 4.56. The first-order chi connectivity index (χ1) is 9.72. The smallest absolute Gasteiger partial charge is 0.194 e. The minimum atomic E-state index is 0.372. The molecule has 0 spiro atoms. The highest BCUT2D eigenvalue weighted by atomic mass is 16.4. The molecule has 4 aliphatic carbocycles. The van der Waals surface area contributed by atoms with Crippen molar-refractivity contribution >= 4 is 0 Å². The van der Waals surface area contributed by atoms with Gasteiger partial charge in [-0.15, -0.1) is 0 Å². The first-order valence-corrected chi connectivity index (χ1v) is 8.05. The molecule has 20 heavy (non-hydrogen) atoms. The van der Waals surface area contributed by atoms with Crippen LogP contribution in [0.4, 0.5) is 0 Å². The van der Waals surface area contributed by atoms with Crippen LogP contribution in [0.1, 0.15) is 49.4 Å². The summed E-state index contributed by atoms with van der Waals surface area (Å²) < 4.78 is 5.81. The van der Waals surface area contributed by atoms with Gasteiger partial charge in [0.15, 0.2) is 5.89 Å². The second kappa shape index (κ2) is 4.62. The summed E-state index contributed by atoms with van der Waals surface area (Å²) in [6.45, 7) is 1.93.